The SMILES string of the molecule is Cc1nc(COc2ccc(F)cc2)sc1C(=O)N1CCCCCC1c1ccncc1. The number of hydrogen-bond acceptors (Lipinski definition) is 5. The zero-order valence-electron chi connectivity index (χ0n) is 16.9. The van der Waals surface area contributed by atoms with Crippen LogP contribution in [0.5, 0.6) is 5.75 Å². The first-order chi connectivity index (χ1) is 14.6. The van der Waals surface area contributed by atoms with Crippen molar-refractivity contribution in [3.63, 3.8) is 0 Å². The average Bonchev–Trinajstić information content (AvgIpc) is 2.98. The standard InChI is InChI=1S/C23H24FN3O2S/c1-16-22(30-21(26-16)15-29-19-8-6-18(24)7-9-19)23(28)27-14-4-2-3-5-20(27)17-10-12-25-13-11-17/h6-13,20H,2-5,14-15H2,1H3. The second-order valence-electron chi connectivity index (χ2n) is 7.41. The number of ether oxygens (including phenoxy) is 1. The number of amides is 1. The van der Waals surface area contributed by atoms with E-state index >= 15 is 0 Å². The van der Waals surface area contributed by atoms with Crippen LogP contribution in [0.1, 0.15) is 57.7 Å². The molecule has 5 nitrogen and oxygen atoms in total. The van der Waals surface area contributed by atoms with Crippen LogP contribution in [0.2, 0.25) is 0 Å². The maximum absolute atomic E-state index is 13.5. The summed E-state index contributed by atoms with van der Waals surface area (Å²) in [6, 6.07) is 9.93. The fraction of sp³-hybridized carbons (Fsp3) is 0.348. The summed E-state index contributed by atoms with van der Waals surface area (Å²) in [4.78, 5) is 24.8. The van der Waals surface area contributed by atoms with E-state index in [2.05, 4.69) is 9.97 Å². The highest BCUT2D eigenvalue weighted by molar-refractivity contribution is 7.13. The first kappa shape index (κ1) is 20.5. The van der Waals surface area contributed by atoms with Gasteiger partial charge in [-0.3, -0.25) is 9.78 Å². The molecular weight excluding hydrogens is 401 g/mol. The van der Waals surface area contributed by atoms with Gasteiger partial charge < -0.3 is 9.64 Å². The van der Waals surface area contributed by atoms with Crippen LogP contribution in [0.15, 0.2) is 48.8 Å². The van der Waals surface area contributed by atoms with Crippen molar-refractivity contribution in [3.05, 3.63) is 75.8 Å². The van der Waals surface area contributed by atoms with E-state index in [1.54, 1.807) is 24.5 Å². The molecule has 1 aliphatic heterocycles. The monoisotopic (exact) mass is 425 g/mol. The molecule has 0 aliphatic carbocycles. The van der Waals surface area contributed by atoms with Gasteiger partial charge in [0.1, 0.15) is 28.1 Å². The van der Waals surface area contributed by atoms with E-state index in [-0.39, 0.29) is 24.4 Å². The molecule has 3 heterocycles. The molecule has 1 unspecified atom stereocenters. The Morgan fingerprint density at radius 2 is 1.93 bits per heavy atom. The van der Waals surface area contributed by atoms with E-state index < -0.39 is 0 Å². The lowest BCUT2D eigenvalue weighted by Gasteiger charge is -2.30. The number of likely N-dealkylation sites (tertiary alicyclic amines) is 1. The summed E-state index contributed by atoms with van der Waals surface area (Å²) in [7, 11) is 0. The van der Waals surface area contributed by atoms with Crippen molar-refractivity contribution < 1.29 is 13.9 Å². The van der Waals surface area contributed by atoms with Crippen LogP contribution in [0.4, 0.5) is 4.39 Å². The van der Waals surface area contributed by atoms with Crippen molar-refractivity contribution in [2.24, 2.45) is 0 Å². The van der Waals surface area contributed by atoms with E-state index in [9.17, 15) is 9.18 Å². The zero-order valence-corrected chi connectivity index (χ0v) is 17.7. The minimum atomic E-state index is -0.304. The summed E-state index contributed by atoms with van der Waals surface area (Å²) >= 11 is 1.37. The van der Waals surface area contributed by atoms with Gasteiger partial charge in [-0.1, -0.05) is 12.8 Å². The molecule has 1 amide bonds. The molecule has 1 aliphatic rings. The van der Waals surface area contributed by atoms with Crippen molar-refractivity contribution >= 4 is 17.2 Å². The molecule has 1 fully saturated rings. The topological polar surface area (TPSA) is 55.3 Å². The van der Waals surface area contributed by atoms with Crippen LogP contribution in [-0.4, -0.2) is 27.3 Å². The molecule has 7 heteroatoms. The van der Waals surface area contributed by atoms with E-state index in [1.165, 1.54) is 23.5 Å². The summed E-state index contributed by atoms with van der Waals surface area (Å²) in [6.07, 6.45) is 7.76. The molecule has 1 saturated heterocycles. The molecule has 1 aromatic carbocycles. The lowest BCUT2D eigenvalue weighted by molar-refractivity contribution is 0.0685. The van der Waals surface area contributed by atoms with Gasteiger partial charge in [-0.05, 0) is 61.7 Å². The van der Waals surface area contributed by atoms with Gasteiger partial charge in [-0.15, -0.1) is 11.3 Å². The van der Waals surface area contributed by atoms with Crippen LogP contribution in [0.3, 0.4) is 0 Å². The number of rotatable bonds is 5. The number of halogens is 1. The van der Waals surface area contributed by atoms with Crippen LogP contribution in [0.25, 0.3) is 0 Å². The van der Waals surface area contributed by atoms with Crippen molar-refractivity contribution in [2.75, 3.05) is 6.54 Å². The van der Waals surface area contributed by atoms with Gasteiger partial charge in [0.05, 0.1) is 11.7 Å². The predicted molar refractivity (Wildman–Crippen MR) is 114 cm³/mol. The second kappa shape index (κ2) is 9.34. The lowest BCUT2D eigenvalue weighted by Crippen LogP contribution is -2.34. The highest BCUT2D eigenvalue weighted by Gasteiger charge is 2.30. The molecule has 0 radical (unpaired) electrons. The highest BCUT2D eigenvalue weighted by Crippen LogP contribution is 2.33. The van der Waals surface area contributed by atoms with Crippen LogP contribution in [0, 0.1) is 12.7 Å². The van der Waals surface area contributed by atoms with Gasteiger partial charge in [-0.25, -0.2) is 9.37 Å². The minimum absolute atomic E-state index is 0.0294. The van der Waals surface area contributed by atoms with Gasteiger partial charge in [0.2, 0.25) is 0 Å². The normalized spacial score (nSPS) is 16.9. The number of pyridine rings is 1. The molecule has 0 saturated carbocycles. The minimum Gasteiger partial charge on any atom is -0.486 e. The Labute approximate surface area is 179 Å². The van der Waals surface area contributed by atoms with Crippen molar-refractivity contribution in [1.29, 1.82) is 0 Å². The number of nitrogens with zero attached hydrogens (tertiary/aromatic N) is 3. The lowest BCUT2D eigenvalue weighted by atomic mass is 10.0. The Bertz CT molecular complexity index is 991. The summed E-state index contributed by atoms with van der Waals surface area (Å²) in [5.74, 6) is 0.297. The van der Waals surface area contributed by atoms with Gasteiger partial charge in [-0.2, -0.15) is 0 Å². The van der Waals surface area contributed by atoms with E-state index in [0.717, 1.165) is 48.5 Å². The molecule has 0 spiro atoms. The van der Waals surface area contributed by atoms with Crippen LogP contribution < -0.4 is 4.74 Å². The smallest absolute Gasteiger partial charge is 0.266 e. The van der Waals surface area contributed by atoms with Crippen molar-refractivity contribution in [2.45, 2.75) is 45.3 Å². The molecule has 1 atom stereocenters. The molecule has 0 bridgehead atoms. The van der Waals surface area contributed by atoms with E-state index in [1.807, 2.05) is 24.0 Å². The van der Waals surface area contributed by atoms with Crippen LogP contribution >= 0.6 is 11.3 Å². The molecular formula is C23H24FN3O2S. The maximum atomic E-state index is 13.5. The Kier molecular flexibility index (Phi) is 6.38. The fourth-order valence-corrected chi connectivity index (χ4v) is 4.74. The largest absolute Gasteiger partial charge is 0.486 e. The number of carbonyl (C=O) groups excluding carboxylic acids is 1. The third kappa shape index (κ3) is 4.67. The fourth-order valence-electron chi connectivity index (χ4n) is 3.80. The number of carbonyl (C=O) groups is 1. The second-order valence-corrected chi connectivity index (χ2v) is 8.49. The highest BCUT2D eigenvalue weighted by atomic mass is 32.1. The number of aromatic nitrogens is 2. The first-order valence-electron chi connectivity index (χ1n) is 10.2. The molecule has 156 valence electrons. The molecule has 2 aromatic heterocycles. The van der Waals surface area contributed by atoms with Crippen molar-refractivity contribution in [3.8, 4) is 5.75 Å². The van der Waals surface area contributed by atoms with E-state index in [4.69, 9.17) is 4.74 Å². The number of aryl methyl sites for hydroxylation is 1. The summed E-state index contributed by atoms with van der Waals surface area (Å²) in [5, 5.41) is 0.732. The zero-order chi connectivity index (χ0) is 20.9. The Hall–Kier alpha value is -2.80. The summed E-state index contributed by atoms with van der Waals surface area (Å²) in [5.41, 5.74) is 1.85. The summed E-state index contributed by atoms with van der Waals surface area (Å²) < 4.78 is 18.7. The third-order valence-electron chi connectivity index (χ3n) is 5.32. The molecule has 30 heavy (non-hydrogen) atoms. The molecule has 0 N–H and O–H groups in total. The number of hydrogen-bond donors (Lipinski definition) is 0. The number of thiazole rings is 1. The Balaban J connectivity index is 1.52. The molecule has 4 rings (SSSR count). The van der Waals surface area contributed by atoms with Gasteiger partial charge in [0, 0.05) is 18.9 Å². The van der Waals surface area contributed by atoms with Gasteiger partial charge in [0.25, 0.3) is 5.91 Å². The predicted octanol–water partition coefficient (Wildman–Crippen LogP) is 5.32. The average molecular weight is 426 g/mol. The third-order valence-corrected chi connectivity index (χ3v) is 6.43. The summed E-state index contributed by atoms with van der Waals surface area (Å²) in [6.45, 7) is 2.85. The van der Waals surface area contributed by atoms with E-state index in [0.29, 0.717) is 10.6 Å². The first-order valence-corrected chi connectivity index (χ1v) is 11.0. The van der Waals surface area contributed by atoms with Crippen LogP contribution in [-0.2, 0) is 6.61 Å². The molecule has 3 aromatic rings. The van der Waals surface area contributed by atoms with Gasteiger partial charge >= 0.3 is 0 Å². The van der Waals surface area contributed by atoms with Crippen molar-refractivity contribution in [1.82, 2.24) is 14.9 Å². The number of benzene rings is 1. The van der Waals surface area contributed by atoms with Gasteiger partial charge in [0.15, 0.2) is 0 Å². The Morgan fingerprint density at radius 1 is 1.17 bits per heavy atom. The maximum Gasteiger partial charge on any atom is 0.266 e. The Morgan fingerprint density at radius 3 is 2.70 bits per heavy atom. The quantitative estimate of drug-likeness (QED) is 0.555.